The molecule has 1 fully saturated rings. The SMILES string of the molecule is c1cc(OCCC2CCCO2)c2oncc2c1. The van der Waals surface area contributed by atoms with E-state index in [0.29, 0.717) is 12.7 Å². The Bertz CT molecular complexity index is 488. The second kappa shape index (κ2) is 4.75. The zero-order valence-electron chi connectivity index (χ0n) is 9.59. The van der Waals surface area contributed by atoms with E-state index >= 15 is 0 Å². The summed E-state index contributed by atoms with van der Waals surface area (Å²) in [6.45, 7) is 1.55. The zero-order chi connectivity index (χ0) is 11.5. The summed E-state index contributed by atoms with van der Waals surface area (Å²) >= 11 is 0. The Labute approximate surface area is 99.5 Å². The summed E-state index contributed by atoms with van der Waals surface area (Å²) in [5.41, 5.74) is 0.722. The van der Waals surface area contributed by atoms with Gasteiger partial charge in [0.15, 0.2) is 5.75 Å². The normalized spacial score (nSPS) is 19.9. The van der Waals surface area contributed by atoms with Gasteiger partial charge in [-0.1, -0.05) is 11.2 Å². The monoisotopic (exact) mass is 233 g/mol. The fraction of sp³-hybridized carbons (Fsp3) is 0.462. The van der Waals surface area contributed by atoms with Crippen LogP contribution in [0.3, 0.4) is 0 Å². The van der Waals surface area contributed by atoms with E-state index in [9.17, 15) is 0 Å². The molecule has 1 saturated heterocycles. The molecule has 1 unspecified atom stereocenters. The Morgan fingerprint density at radius 3 is 3.29 bits per heavy atom. The molecule has 2 aromatic rings. The summed E-state index contributed by atoms with van der Waals surface area (Å²) in [7, 11) is 0. The van der Waals surface area contributed by atoms with Gasteiger partial charge in [0.2, 0.25) is 5.58 Å². The van der Waals surface area contributed by atoms with E-state index in [2.05, 4.69) is 5.16 Å². The van der Waals surface area contributed by atoms with Crippen LogP contribution in [0.1, 0.15) is 19.3 Å². The van der Waals surface area contributed by atoms with Gasteiger partial charge in [0, 0.05) is 18.4 Å². The second-order valence-corrected chi connectivity index (χ2v) is 4.27. The van der Waals surface area contributed by atoms with Gasteiger partial charge in [-0.2, -0.15) is 0 Å². The molecular formula is C13H15NO3. The summed E-state index contributed by atoms with van der Waals surface area (Å²) in [5.74, 6) is 0.762. The number of nitrogens with zero attached hydrogens (tertiary/aromatic N) is 1. The van der Waals surface area contributed by atoms with E-state index < -0.39 is 0 Å². The van der Waals surface area contributed by atoms with Crippen LogP contribution < -0.4 is 4.74 Å². The highest BCUT2D eigenvalue weighted by Crippen LogP contribution is 2.25. The van der Waals surface area contributed by atoms with E-state index in [0.717, 1.165) is 36.2 Å². The van der Waals surface area contributed by atoms with E-state index in [1.54, 1.807) is 6.20 Å². The van der Waals surface area contributed by atoms with Crippen molar-refractivity contribution in [1.29, 1.82) is 0 Å². The van der Waals surface area contributed by atoms with Gasteiger partial charge in [-0.25, -0.2) is 0 Å². The molecule has 1 atom stereocenters. The molecule has 4 heteroatoms. The van der Waals surface area contributed by atoms with E-state index in [4.69, 9.17) is 14.0 Å². The van der Waals surface area contributed by atoms with E-state index in [1.165, 1.54) is 6.42 Å². The lowest BCUT2D eigenvalue weighted by Crippen LogP contribution is -2.10. The van der Waals surface area contributed by atoms with Crippen LogP contribution in [0.2, 0.25) is 0 Å². The van der Waals surface area contributed by atoms with Crippen LogP contribution in [0.25, 0.3) is 11.0 Å². The second-order valence-electron chi connectivity index (χ2n) is 4.27. The van der Waals surface area contributed by atoms with Gasteiger partial charge in [-0.05, 0) is 25.0 Å². The van der Waals surface area contributed by atoms with Gasteiger partial charge in [-0.3, -0.25) is 0 Å². The van der Waals surface area contributed by atoms with Crippen molar-refractivity contribution in [2.75, 3.05) is 13.2 Å². The highest BCUT2D eigenvalue weighted by atomic mass is 16.5. The molecule has 1 aliphatic heterocycles. The number of rotatable bonds is 4. The number of hydrogen-bond donors (Lipinski definition) is 0. The fourth-order valence-electron chi connectivity index (χ4n) is 2.15. The van der Waals surface area contributed by atoms with Crippen molar-refractivity contribution in [1.82, 2.24) is 5.16 Å². The summed E-state index contributed by atoms with van der Waals surface area (Å²) in [6.07, 6.45) is 5.31. The van der Waals surface area contributed by atoms with Crippen molar-refractivity contribution >= 4 is 11.0 Å². The van der Waals surface area contributed by atoms with Crippen molar-refractivity contribution in [3.8, 4) is 5.75 Å². The molecule has 3 rings (SSSR count). The summed E-state index contributed by atoms with van der Waals surface area (Å²) < 4.78 is 16.4. The minimum absolute atomic E-state index is 0.365. The molecule has 0 aliphatic carbocycles. The third kappa shape index (κ3) is 2.26. The van der Waals surface area contributed by atoms with Crippen LogP contribution >= 0.6 is 0 Å². The van der Waals surface area contributed by atoms with Crippen molar-refractivity contribution < 1.29 is 14.0 Å². The van der Waals surface area contributed by atoms with Crippen molar-refractivity contribution in [2.24, 2.45) is 0 Å². The van der Waals surface area contributed by atoms with Crippen LogP contribution in [0.15, 0.2) is 28.9 Å². The third-order valence-electron chi connectivity index (χ3n) is 3.07. The maximum absolute atomic E-state index is 5.73. The number of hydrogen-bond acceptors (Lipinski definition) is 4. The number of fused-ring (bicyclic) bond motifs is 1. The Kier molecular flexibility index (Phi) is 2.96. The van der Waals surface area contributed by atoms with Crippen LogP contribution in [-0.4, -0.2) is 24.5 Å². The van der Waals surface area contributed by atoms with Crippen LogP contribution in [-0.2, 0) is 4.74 Å². The van der Waals surface area contributed by atoms with Crippen LogP contribution in [0, 0.1) is 0 Å². The first kappa shape index (κ1) is 10.6. The Morgan fingerprint density at radius 2 is 2.41 bits per heavy atom. The minimum Gasteiger partial charge on any atom is -0.489 e. The van der Waals surface area contributed by atoms with Gasteiger partial charge >= 0.3 is 0 Å². The molecule has 0 saturated carbocycles. The maximum atomic E-state index is 5.73. The standard InChI is InChI=1S/C13H15NO3/c1-3-10-9-14-17-13(10)12(5-1)16-8-6-11-4-2-7-15-11/h1,3,5,9,11H,2,4,6-8H2. The molecule has 0 N–H and O–H groups in total. The van der Waals surface area contributed by atoms with Crippen molar-refractivity contribution in [3.05, 3.63) is 24.4 Å². The molecule has 1 aromatic carbocycles. The number of benzene rings is 1. The highest BCUT2D eigenvalue weighted by molar-refractivity contribution is 5.81. The third-order valence-corrected chi connectivity index (χ3v) is 3.07. The predicted molar refractivity (Wildman–Crippen MR) is 63.1 cm³/mol. The molecule has 0 amide bonds. The zero-order valence-corrected chi connectivity index (χ0v) is 9.59. The Morgan fingerprint density at radius 1 is 1.41 bits per heavy atom. The van der Waals surface area contributed by atoms with Crippen LogP contribution in [0.5, 0.6) is 5.75 Å². The van der Waals surface area contributed by atoms with Gasteiger partial charge in [0.25, 0.3) is 0 Å². The largest absolute Gasteiger partial charge is 0.489 e. The average Bonchev–Trinajstić information content (AvgIpc) is 2.99. The molecule has 90 valence electrons. The maximum Gasteiger partial charge on any atom is 0.208 e. The lowest BCUT2D eigenvalue weighted by Gasteiger charge is -2.10. The first-order valence-corrected chi connectivity index (χ1v) is 6.01. The quantitative estimate of drug-likeness (QED) is 0.814. The molecule has 0 spiro atoms. The lowest BCUT2D eigenvalue weighted by molar-refractivity contribution is 0.0903. The first-order chi connectivity index (χ1) is 8.43. The molecule has 4 nitrogen and oxygen atoms in total. The molecule has 2 heterocycles. The molecular weight excluding hydrogens is 218 g/mol. The number of ether oxygens (including phenoxy) is 2. The predicted octanol–water partition coefficient (Wildman–Crippen LogP) is 2.78. The molecule has 1 aliphatic rings. The topological polar surface area (TPSA) is 44.5 Å². The molecule has 0 bridgehead atoms. The van der Waals surface area contributed by atoms with Gasteiger partial charge < -0.3 is 14.0 Å². The van der Waals surface area contributed by atoms with E-state index in [1.807, 2.05) is 18.2 Å². The summed E-state index contributed by atoms with van der Waals surface area (Å²) in [5, 5.41) is 4.74. The molecule has 17 heavy (non-hydrogen) atoms. The average molecular weight is 233 g/mol. The van der Waals surface area contributed by atoms with Crippen molar-refractivity contribution in [3.63, 3.8) is 0 Å². The van der Waals surface area contributed by atoms with Crippen molar-refractivity contribution in [2.45, 2.75) is 25.4 Å². The van der Waals surface area contributed by atoms with Gasteiger partial charge in [-0.15, -0.1) is 0 Å². The smallest absolute Gasteiger partial charge is 0.208 e. The van der Waals surface area contributed by atoms with Gasteiger partial charge in [0.05, 0.1) is 18.9 Å². The molecule has 1 aromatic heterocycles. The Balaban J connectivity index is 1.62. The fourth-order valence-corrected chi connectivity index (χ4v) is 2.15. The molecule has 0 radical (unpaired) electrons. The highest BCUT2D eigenvalue weighted by Gasteiger charge is 2.15. The number of aromatic nitrogens is 1. The number of para-hydroxylation sites is 1. The van der Waals surface area contributed by atoms with E-state index in [-0.39, 0.29) is 0 Å². The lowest BCUT2D eigenvalue weighted by atomic mass is 10.2. The Hall–Kier alpha value is -1.55. The minimum atomic E-state index is 0.365. The first-order valence-electron chi connectivity index (χ1n) is 6.01. The summed E-state index contributed by atoms with van der Waals surface area (Å²) in [4.78, 5) is 0. The van der Waals surface area contributed by atoms with Gasteiger partial charge in [0.1, 0.15) is 0 Å². The summed E-state index contributed by atoms with van der Waals surface area (Å²) in [6, 6.07) is 5.81. The van der Waals surface area contributed by atoms with Crippen LogP contribution in [0.4, 0.5) is 0 Å².